The second kappa shape index (κ2) is 4.85. The van der Waals surface area contributed by atoms with E-state index in [1.807, 2.05) is 18.3 Å². The first-order valence-corrected chi connectivity index (χ1v) is 5.18. The molecule has 5 heteroatoms. The molecule has 0 aliphatic carbocycles. The number of pyridine rings is 1. The molecular weight excluding hydrogens is 204 g/mol. The van der Waals surface area contributed by atoms with Gasteiger partial charge in [-0.15, -0.1) is 10.2 Å². The highest BCUT2D eigenvalue weighted by molar-refractivity contribution is 5.12. The highest BCUT2D eigenvalue weighted by atomic mass is 16.4. The van der Waals surface area contributed by atoms with Gasteiger partial charge in [-0.1, -0.05) is 6.07 Å². The molecule has 0 aliphatic rings. The zero-order valence-electron chi connectivity index (χ0n) is 9.34. The van der Waals surface area contributed by atoms with Crippen LogP contribution in [0.2, 0.25) is 0 Å². The van der Waals surface area contributed by atoms with Crippen molar-refractivity contribution in [1.29, 1.82) is 0 Å². The second-order valence-corrected chi connectivity index (χ2v) is 3.60. The predicted molar refractivity (Wildman–Crippen MR) is 58.5 cm³/mol. The van der Waals surface area contributed by atoms with Crippen molar-refractivity contribution in [3.8, 4) is 0 Å². The fraction of sp³-hybridized carbons (Fsp3) is 0.364. The minimum absolute atomic E-state index is 0.209. The highest BCUT2D eigenvalue weighted by Crippen LogP contribution is 2.10. The summed E-state index contributed by atoms with van der Waals surface area (Å²) in [6, 6.07) is 4.16. The molecule has 16 heavy (non-hydrogen) atoms. The fourth-order valence-electron chi connectivity index (χ4n) is 1.40. The summed E-state index contributed by atoms with van der Waals surface area (Å²) in [4.78, 5) is 4.07. The number of rotatable bonds is 4. The lowest BCUT2D eigenvalue weighted by Crippen LogP contribution is -2.18. The first-order chi connectivity index (χ1) is 7.75. The first kappa shape index (κ1) is 10.8. The van der Waals surface area contributed by atoms with Crippen LogP contribution < -0.4 is 5.32 Å². The quantitative estimate of drug-likeness (QED) is 0.844. The van der Waals surface area contributed by atoms with Crippen molar-refractivity contribution in [2.45, 2.75) is 26.4 Å². The number of nitrogens with zero attached hydrogens (tertiary/aromatic N) is 3. The molecule has 0 radical (unpaired) electrons. The topological polar surface area (TPSA) is 63.8 Å². The van der Waals surface area contributed by atoms with Crippen LogP contribution in [0.25, 0.3) is 0 Å². The summed E-state index contributed by atoms with van der Waals surface area (Å²) in [5.74, 6) is 1.19. The molecule has 0 aliphatic heterocycles. The zero-order valence-corrected chi connectivity index (χ0v) is 9.34. The van der Waals surface area contributed by atoms with Crippen molar-refractivity contribution in [1.82, 2.24) is 20.5 Å². The average molecular weight is 218 g/mol. The van der Waals surface area contributed by atoms with E-state index in [2.05, 4.69) is 27.4 Å². The Morgan fingerprint density at radius 2 is 2.31 bits per heavy atom. The van der Waals surface area contributed by atoms with Crippen molar-refractivity contribution in [3.63, 3.8) is 0 Å². The standard InChI is InChI=1S/C11H14N4O/c1-8(10-4-3-5-12-6-10)13-7-11-15-14-9(2)16-11/h3-6,8,13H,7H2,1-2H3/t8-/m1/s1. The zero-order chi connectivity index (χ0) is 11.4. The maximum absolute atomic E-state index is 5.27. The van der Waals surface area contributed by atoms with Gasteiger partial charge < -0.3 is 9.73 Å². The van der Waals surface area contributed by atoms with Gasteiger partial charge in [0, 0.05) is 25.4 Å². The normalized spacial score (nSPS) is 12.6. The van der Waals surface area contributed by atoms with Gasteiger partial charge in [0.1, 0.15) is 0 Å². The van der Waals surface area contributed by atoms with Gasteiger partial charge in [-0.3, -0.25) is 4.98 Å². The minimum Gasteiger partial charge on any atom is -0.424 e. The van der Waals surface area contributed by atoms with Crippen LogP contribution in [0.5, 0.6) is 0 Å². The van der Waals surface area contributed by atoms with Crippen LogP contribution in [-0.4, -0.2) is 15.2 Å². The van der Waals surface area contributed by atoms with E-state index < -0.39 is 0 Å². The van der Waals surface area contributed by atoms with E-state index >= 15 is 0 Å². The van der Waals surface area contributed by atoms with Crippen LogP contribution in [0.15, 0.2) is 28.9 Å². The van der Waals surface area contributed by atoms with E-state index in [1.54, 1.807) is 13.1 Å². The van der Waals surface area contributed by atoms with E-state index in [9.17, 15) is 0 Å². The maximum atomic E-state index is 5.27. The molecule has 84 valence electrons. The minimum atomic E-state index is 0.209. The van der Waals surface area contributed by atoms with Gasteiger partial charge in [0.15, 0.2) is 0 Å². The van der Waals surface area contributed by atoms with Crippen molar-refractivity contribution in [2.75, 3.05) is 0 Å². The Kier molecular flexibility index (Phi) is 3.26. The summed E-state index contributed by atoms with van der Waals surface area (Å²) in [5, 5.41) is 11.0. The molecular formula is C11H14N4O. The van der Waals surface area contributed by atoms with E-state index in [1.165, 1.54) is 0 Å². The molecule has 2 aromatic heterocycles. The number of nitrogens with one attached hydrogen (secondary N) is 1. The lowest BCUT2D eigenvalue weighted by Gasteiger charge is -2.11. The van der Waals surface area contributed by atoms with Crippen LogP contribution in [0.4, 0.5) is 0 Å². The first-order valence-electron chi connectivity index (χ1n) is 5.18. The molecule has 0 spiro atoms. The van der Waals surface area contributed by atoms with Crippen molar-refractivity contribution < 1.29 is 4.42 Å². The largest absolute Gasteiger partial charge is 0.424 e. The molecule has 0 aromatic carbocycles. The summed E-state index contributed by atoms with van der Waals surface area (Å²) >= 11 is 0. The molecule has 1 N–H and O–H groups in total. The molecule has 0 bridgehead atoms. The van der Waals surface area contributed by atoms with Crippen molar-refractivity contribution >= 4 is 0 Å². The van der Waals surface area contributed by atoms with E-state index in [4.69, 9.17) is 4.42 Å². The summed E-state index contributed by atoms with van der Waals surface area (Å²) in [7, 11) is 0. The van der Waals surface area contributed by atoms with E-state index in [-0.39, 0.29) is 6.04 Å². The lowest BCUT2D eigenvalue weighted by atomic mass is 10.1. The van der Waals surface area contributed by atoms with E-state index in [0.29, 0.717) is 18.3 Å². The molecule has 1 atom stereocenters. The SMILES string of the molecule is Cc1nnc(CN[C@H](C)c2cccnc2)o1. The van der Waals surface area contributed by atoms with Crippen LogP contribution in [-0.2, 0) is 6.54 Å². The predicted octanol–water partition coefficient (Wildman–Crippen LogP) is 1.62. The van der Waals surface area contributed by atoms with Crippen molar-refractivity contribution in [2.24, 2.45) is 0 Å². The molecule has 2 aromatic rings. The summed E-state index contributed by atoms with van der Waals surface area (Å²) in [6.07, 6.45) is 3.61. The number of hydrogen-bond donors (Lipinski definition) is 1. The molecule has 0 saturated carbocycles. The third-order valence-electron chi connectivity index (χ3n) is 2.31. The Morgan fingerprint density at radius 1 is 1.44 bits per heavy atom. The number of hydrogen-bond acceptors (Lipinski definition) is 5. The molecule has 2 heterocycles. The van der Waals surface area contributed by atoms with Gasteiger partial charge in [0.2, 0.25) is 11.8 Å². The van der Waals surface area contributed by atoms with Crippen LogP contribution in [0, 0.1) is 6.92 Å². The average Bonchev–Trinajstić information content (AvgIpc) is 2.73. The molecule has 5 nitrogen and oxygen atoms in total. The number of aryl methyl sites for hydroxylation is 1. The van der Waals surface area contributed by atoms with Gasteiger partial charge in [-0.25, -0.2) is 0 Å². The lowest BCUT2D eigenvalue weighted by molar-refractivity contribution is 0.430. The van der Waals surface area contributed by atoms with Crippen LogP contribution in [0.1, 0.15) is 30.3 Å². The summed E-state index contributed by atoms with van der Waals surface area (Å²) < 4.78 is 5.27. The molecule has 0 amide bonds. The van der Waals surface area contributed by atoms with Crippen molar-refractivity contribution in [3.05, 3.63) is 41.9 Å². The summed E-state index contributed by atoms with van der Waals surface area (Å²) in [5.41, 5.74) is 1.14. The maximum Gasteiger partial charge on any atom is 0.230 e. The highest BCUT2D eigenvalue weighted by Gasteiger charge is 2.07. The van der Waals surface area contributed by atoms with Gasteiger partial charge >= 0.3 is 0 Å². The second-order valence-electron chi connectivity index (χ2n) is 3.60. The molecule has 0 saturated heterocycles. The fourth-order valence-corrected chi connectivity index (χ4v) is 1.40. The van der Waals surface area contributed by atoms with Gasteiger partial charge in [0.25, 0.3) is 0 Å². The monoisotopic (exact) mass is 218 g/mol. The third-order valence-corrected chi connectivity index (χ3v) is 2.31. The smallest absolute Gasteiger partial charge is 0.230 e. The Bertz CT molecular complexity index is 440. The van der Waals surface area contributed by atoms with Gasteiger partial charge in [-0.2, -0.15) is 0 Å². The number of aromatic nitrogens is 3. The molecule has 2 rings (SSSR count). The van der Waals surface area contributed by atoms with Gasteiger partial charge in [-0.05, 0) is 18.6 Å². The molecule has 0 fully saturated rings. The van der Waals surface area contributed by atoms with Gasteiger partial charge in [0.05, 0.1) is 6.54 Å². The summed E-state index contributed by atoms with van der Waals surface area (Å²) in [6.45, 7) is 4.41. The molecule has 0 unspecified atom stereocenters. The van der Waals surface area contributed by atoms with Crippen LogP contribution in [0.3, 0.4) is 0 Å². The Labute approximate surface area is 93.9 Å². The van der Waals surface area contributed by atoms with E-state index in [0.717, 1.165) is 5.56 Å². The third kappa shape index (κ3) is 2.64. The Morgan fingerprint density at radius 3 is 2.94 bits per heavy atom. The van der Waals surface area contributed by atoms with Crippen LogP contribution >= 0.6 is 0 Å². The Hall–Kier alpha value is -1.75. The Balaban J connectivity index is 1.91.